The van der Waals surface area contributed by atoms with Crippen molar-refractivity contribution in [3.05, 3.63) is 0 Å². The Balaban J connectivity index is 4.90. The van der Waals surface area contributed by atoms with Crippen LogP contribution in [-0.2, 0) is 9.59 Å². The zero-order chi connectivity index (χ0) is 16.1. The Labute approximate surface area is 119 Å². The number of carboxylic acids is 1. The number of nitrogens with zero attached hydrogens (tertiary/aromatic N) is 2. The Bertz CT molecular complexity index is 382. The molecular weight excluding hydrogens is 262 g/mol. The van der Waals surface area contributed by atoms with Gasteiger partial charge in [-0.15, -0.1) is 0 Å². The lowest BCUT2D eigenvalue weighted by Gasteiger charge is -2.35. The summed E-state index contributed by atoms with van der Waals surface area (Å²) in [6.45, 7) is 8.76. The number of rotatable bonds is 6. The summed E-state index contributed by atoms with van der Waals surface area (Å²) < 4.78 is 0. The number of aliphatic carboxylic acids is 1. The summed E-state index contributed by atoms with van der Waals surface area (Å²) in [6, 6.07) is -1.27. The Morgan fingerprint density at radius 3 is 2.05 bits per heavy atom. The van der Waals surface area contributed by atoms with Gasteiger partial charge in [0.2, 0.25) is 5.91 Å². The summed E-state index contributed by atoms with van der Waals surface area (Å²) in [5.41, 5.74) is -1.34. The minimum absolute atomic E-state index is 0.218. The van der Waals surface area contributed by atoms with E-state index in [2.05, 4.69) is 5.32 Å². The van der Waals surface area contributed by atoms with Crippen molar-refractivity contribution in [3.63, 3.8) is 0 Å². The predicted molar refractivity (Wildman–Crippen MR) is 75.4 cm³/mol. The topological polar surface area (TPSA) is 90.0 Å². The predicted octanol–water partition coefficient (Wildman–Crippen LogP) is 0.748. The second-order valence-corrected chi connectivity index (χ2v) is 5.13. The summed E-state index contributed by atoms with van der Waals surface area (Å²) in [6.07, 6.45) is 0. The van der Waals surface area contributed by atoms with Crippen LogP contribution in [0.4, 0.5) is 4.79 Å². The SMILES string of the molecule is CCN(C)C(=O)C(C)NC(=O)N(CC)C(C)(C)C(=O)O. The molecule has 7 heteroatoms. The van der Waals surface area contributed by atoms with Gasteiger partial charge in [0.05, 0.1) is 0 Å². The van der Waals surface area contributed by atoms with E-state index in [1.807, 2.05) is 6.92 Å². The highest BCUT2D eigenvalue weighted by atomic mass is 16.4. The lowest BCUT2D eigenvalue weighted by atomic mass is 10.0. The summed E-state index contributed by atoms with van der Waals surface area (Å²) in [5, 5.41) is 11.7. The smallest absolute Gasteiger partial charge is 0.329 e. The molecule has 1 atom stereocenters. The zero-order valence-corrected chi connectivity index (χ0v) is 13.1. The Hall–Kier alpha value is -1.79. The Morgan fingerprint density at radius 1 is 1.20 bits per heavy atom. The molecule has 0 saturated carbocycles. The molecule has 3 amide bonds. The molecule has 0 bridgehead atoms. The highest BCUT2D eigenvalue weighted by Gasteiger charge is 2.37. The number of nitrogens with one attached hydrogen (secondary N) is 1. The zero-order valence-electron chi connectivity index (χ0n) is 13.1. The van der Waals surface area contributed by atoms with E-state index in [1.54, 1.807) is 20.9 Å². The first-order chi connectivity index (χ1) is 9.09. The number of hydrogen-bond acceptors (Lipinski definition) is 3. The maximum atomic E-state index is 12.1. The average Bonchev–Trinajstić information content (AvgIpc) is 2.36. The van der Waals surface area contributed by atoms with Crippen molar-refractivity contribution in [1.29, 1.82) is 0 Å². The lowest BCUT2D eigenvalue weighted by Crippen LogP contribution is -2.58. The van der Waals surface area contributed by atoms with Gasteiger partial charge in [-0.2, -0.15) is 0 Å². The third-order valence-corrected chi connectivity index (χ3v) is 3.32. The molecule has 20 heavy (non-hydrogen) atoms. The van der Waals surface area contributed by atoms with Gasteiger partial charge in [0.1, 0.15) is 11.6 Å². The maximum absolute atomic E-state index is 12.1. The fraction of sp³-hybridized carbons (Fsp3) is 0.769. The summed E-state index contributed by atoms with van der Waals surface area (Å²) >= 11 is 0. The van der Waals surface area contributed by atoms with Crippen LogP contribution in [0.15, 0.2) is 0 Å². The number of carbonyl (C=O) groups excluding carboxylic acids is 2. The molecule has 116 valence electrons. The van der Waals surface area contributed by atoms with Gasteiger partial charge < -0.3 is 20.2 Å². The molecule has 0 heterocycles. The van der Waals surface area contributed by atoms with Crippen molar-refractivity contribution in [2.24, 2.45) is 0 Å². The van der Waals surface area contributed by atoms with Crippen LogP contribution in [0.5, 0.6) is 0 Å². The minimum Gasteiger partial charge on any atom is -0.480 e. The van der Waals surface area contributed by atoms with Crippen molar-refractivity contribution in [3.8, 4) is 0 Å². The largest absolute Gasteiger partial charge is 0.480 e. The summed E-state index contributed by atoms with van der Waals surface area (Å²) in [5.74, 6) is -1.32. The van der Waals surface area contributed by atoms with E-state index in [-0.39, 0.29) is 12.5 Å². The van der Waals surface area contributed by atoms with Gasteiger partial charge in [-0.1, -0.05) is 0 Å². The van der Waals surface area contributed by atoms with E-state index in [1.165, 1.54) is 23.6 Å². The van der Waals surface area contributed by atoms with Gasteiger partial charge >= 0.3 is 12.0 Å². The third kappa shape index (κ3) is 4.11. The molecule has 0 aliphatic heterocycles. The molecule has 0 rings (SSSR count). The van der Waals surface area contributed by atoms with Crippen LogP contribution in [-0.4, -0.2) is 64.5 Å². The minimum atomic E-state index is -1.34. The molecular formula is C13H25N3O4. The van der Waals surface area contributed by atoms with E-state index in [0.717, 1.165) is 0 Å². The molecule has 0 radical (unpaired) electrons. The van der Waals surface area contributed by atoms with Crippen molar-refractivity contribution in [1.82, 2.24) is 15.1 Å². The fourth-order valence-electron chi connectivity index (χ4n) is 1.72. The number of carbonyl (C=O) groups is 3. The third-order valence-electron chi connectivity index (χ3n) is 3.32. The first-order valence-corrected chi connectivity index (χ1v) is 6.66. The van der Waals surface area contributed by atoms with Crippen LogP contribution in [0.3, 0.4) is 0 Å². The van der Waals surface area contributed by atoms with Gasteiger partial charge in [0.25, 0.3) is 0 Å². The molecule has 0 spiro atoms. The van der Waals surface area contributed by atoms with Crippen LogP contribution in [0.2, 0.25) is 0 Å². The van der Waals surface area contributed by atoms with Crippen molar-refractivity contribution in [2.45, 2.75) is 46.2 Å². The van der Waals surface area contributed by atoms with Crippen LogP contribution in [0, 0.1) is 0 Å². The molecule has 0 fully saturated rings. The van der Waals surface area contributed by atoms with Gasteiger partial charge in [-0.3, -0.25) is 4.79 Å². The Morgan fingerprint density at radius 2 is 1.70 bits per heavy atom. The van der Waals surface area contributed by atoms with Gasteiger partial charge in [-0.25, -0.2) is 9.59 Å². The van der Waals surface area contributed by atoms with E-state index in [9.17, 15) is 14.4 Å². The number of carboxylic acid groups (broad SMARTS) is 1. The molecule has 7 nitrogen and oxygen atoms in total. The summed E-state index contributed by atoms with van der Waals surface area (Å²) in [4.78, 5) is 37.9. The first-order valence-electron chi connectivity index (χ1n) is 6.66. The molecule has 0 aliphatic carbocycles. The van der Waals surface area contributed by atoms with Crippen LogP contribution >= 0.6 is 0 Å². The first kappa shape index (κ1) is 18.2. The van der Waals surface area contributed by atoms with E-state index in [0.29, 0.717) is 6.54 Å². The van der Waals surface area contributed by atoms with E-state index < -0.39 is 23.6 Å². The van der Waals surface area contributed by atoms with Gasteiger partial charge in [-0.05, 0) is 34.6 Å². The maximum Gasteiger partial charge on any atom is 0.329 e. The van der Waals surface area contributed by atoms with Crippen molar-refractivity contribution < 1.29 is 19.5 Å². The molecule has 1 unspecified atom stereocenters. The highest BCUT2D eigenvalue weighted by molar-refractivity contribution is 5.89. The van der Waals surface area contributed by atoms with E-state index >= 15 is 0 Å². The van der Waals surface area contributed by atoms with Crippen LogP contribution < -0.4 is 5.32 Å². The quantitative estimate of drug-likeness (QED) is 0.754. The lowest BCUT2D eigenvalue weighted by molar-refractivity contribution is -0.147. The highest BCUT2D eigenvalue weighted by Crippen LogP contribution is 2.14. The second kappa shape index (κ2) is 7.12. The molecule has 0 aromatic heterocycles. The van der Waals surface area contributed by atoms with Crippen LogP contribution in [0.1, 0.15) is 34.6 Å². The molecule has 0 aromatic rings. The normalized spacial score (nSPS) is 12.5. The number of likely N-dealkylation sites (N-methyl/N-ethyl adjacent to an activating group) is 2. The molecule has 2 N–H and O–H groups in total. The van der Waals surface area contributed by atoms with Crippen molar-refractivity contribution in [2.75, 3.05) is 20.1 Å². The van der Waals surface area contributed by atoms with Crippen LogP contribution in [0.25, 0.3) is 0 Å². The monoisotopic (exact) mass is 287 g/mol. The fourth-order valence-corrected chi connectivity index (χ4v) is 1.72. The number of hydrogen-bond donors (Lipinski definition) is 2. The average molecular weight is 287 g/mol. The molecule has 0 aliphatic rings. The molecule has 0 aromatic carbocycles. The van der Waals surface area contributed by atoms with Gasteiger partial charge in [0.15, 0.2) is 0 Å². The van der Waals surface area contributed by atoms with E-state index in [4.69, 9.17) is 5.11 Å². The number of amides is 3. The number of urea groups is 1. The van der Waals surface area contributed by atoms with Crippen molar-refractivity contribution >= 4 is 17.9 Å². The second-order valence-electron chi connectivity index (χ2n) is 5.13. The molecule has 0 saturated heterocycles. The summed E-state index contributed by atoms with van der Waals surface area (Å²) in [7, 11) is 1.64. The Kier molecular flexibility index (Phi) is 6.48. The standard InChI is InChI=1S/C13H25N3O4/c1-7-15(6)10(17)9(3)14-12(20)16(8-2)13(4,5)11(18)19/h9H,7-8H2,1-6H3,(H,14,20)(H,18,19). The van der Waals surface area contributed by atoms with Gasteiger partial charge in [0, 0.05) is 20.1 Å².